The van der Waals surface area contributed by atoms with Gasteiger partial charge >= 0.3 is 0 Å². The maximum atomic E-state index is 13.0. The van der Waals surface area contributed by atoms with Crippen molar-refractivity contribution < 1.29 is 14.0 Å². The Morgan fingerprint density at radius 1 is 1.47 bits per heavy atom. The molecule has 0 radical (unpaired) electrons. The van der Waals surface area contributed by atoms with Crippen molar-refractivity contribution in [1.82, 2.24) is 0 Å². The quantitative estimate of drug-likeness (QED) is 0.691. The van der Waals surface area contributed by atoms with Crippen molar-refractivity contribution in [3.8, 4) is 6.07 Å². The molecule has 17 heavy (non-hydrogen) atoms. The molecule has 0 N–H and O–H groups in total. The number of anilines is 1. The van der Waals surface area contributed by atoms with Crippen LogP contribution >= 0.6 is 0 Å². The molecule has 5 heteroatoms. The molecule has 4 nitrogen and oxygen atoms in total. The van der Waals surface area contributed by atoms with E-state index in [0.717, 1.165) is 17.0 Å². The van der Waals surface area contributed by atoms with Gasteiger partial charge in [0.25, 0.3) is 0 Å². The van der Waals surface area contributed by atoms with Gasteiger partial charge in [-0.1, -0.05) is 6.92 Å². The lowest BCUT2D eigenvalue weighted by Gasteiger charge is -2.15. The number of rotatable bonds is 1. The van der Waals surface area contributed by atoms with Crippen LogP contribution in [0.2, 0.25) is 0 Å². The van der Waals surface area contributed by atoms with Crippen molar-refractivity contribution in [2.24, 2.45) is 5.92 Å². The molecule has 1 aliphatic heterocycles. The van der Waals surface area contributed by atoms with Crippen molar-refractivity contribution in [1.29, 1.82) is 5.26 Å². The highest BCUT2D eigenvalue weighted by Gasteiger charge is 2.37. The molecule has 0 aromatic heterocycles. The van der Waals surface area contributed by atoms with Crippen LogP contribution in [-0.4, -0.2) is 11.8 Å². The highest BCUT2D eigenvalue weighted by atomic mass is 19.1. The minimum absolute atomic E-state index is 0.0131. The van der Waals surface area contributed by atoms with E-state index in [2.05, 4.69) is 0 Å². The Kier molecular flexibility index (Phi) is 2.64. The summed E-state index contributed by atoms with van der Waals surface area (Å²) in [4.78, 5) is 24.4. The number of nitriles is 1. The Morgan fingerprint density at radius 3 is 2.71 bits per heavy atom. The normalized spacial score (nSPS) is 19.6. The minimum Gasteiger partial charge on any atom is -0.274 e. The summed E-state index contributed by atoms with van der Waals surface area (Å²) in [6, 6.07) is 5.20. The van der Waals surface area contributed by atoms with Gasteiger partial charge in [0.2, 0.25) is 11.8 Å². The number of hydrogen-bond donors (Lipinski definition) is 0. The van der Waals surface area contributed by atoms with E-state index in [-0.39, 0.29) is 35.4 Å². The van der Waals surface area contributed by atoms with Crippen LogP contribution in [0.4, 0.5) is 10.1 Å². The van der Waals surface area contributed by atoms with Crippen LogP contribution < -0.4 is 4.90 Å². The SMILES string of the molecule is CC1CC(=O)N(c2ccc(F)cc2C#N)C1=O. The number of amides is 2. The molecule has 1 unspecified atom stereocenters. The summed E-state index contributed by atoms with van der Waals surface area (Å²) in [7, 11) is 0. The molecule has 2 amide bonds. The van der Waals surface area contributed by atoms with Crippen molar-refractivity contribution in [2.75, 3.05) is 4.90 Å². The maximum Gasteiger partial charge on any atom is 0.237 e. The van der Waals surface area contributed by atoms with Gasteiger partial charge in [0, 0.05) is 12.3 Å². The molecule has 0 saturated carbocycles. The molecule has 1 aromatic rings. The third-order valence-electron chi connectivity index (χ3n) is 2.69. The van der Waals surface area contributed by atoms with Gasteiger partial charge < -0.3 is 0 Å². The van der Waals surface area contributed by atoms with Gasteiger partial charge in [-0.2, -0.15) is 5.26 Å². The number of hydrogen-bond acceptors (Lipinski definition) is 3. The van der Waals surface area contributed by atoms with Crippen molar-refractivity contribution in [3.05, 3.63) is 29.6 Å². The summed E-state index contributed by atoms with van der Waals surface area (Å²) in [6.07, 6.45) is 0.126. The summed E-state index contributed by atoms with van der Waals surface area (Å²) >= 11 is 0. The lowest BCUT2D eigenvalue weighted by Crippen LogP contribution is -2.30. The average molecular weight is 232 g/mol. The number of carbonyl (C=O) groups is 2. The topological polar surface area (TPSA) is 61.2 Å². The Balaban J connectivity index is 2.52. The molecule has 2 rings (SSSR count). The van der Waals surface area contributed by atoms with Crippen molar-refractivity contribution in [2.45, 2.75) is 13.3 Å². The first-order valence-electron chi connectivity index (χ1n) is 5.11. The van der Waals surface area contributed by atoms with Crippen molar-refractivity contribution in [3.63, 3.8) is 0 Å². The molecule has 1 aliphatic rings. The summed E-state index contributed by atoms with van der Waals surface area (Å²) < 4.78 is 13.0. The van der Waals surface area contributed by atoms with E-state index < -0.39 is 5.82 Å². The van der Waals surface area contributed by atoms with Gasteiger partial charge in [-0.05, 0) is 18.2 Å². The van der Waals surface area contributed by atoms with Crippen molar-refractivity contribution >= 4 is 17.5 Å². The molecular formula is C12H9FN2O2. The van der Waals surface area contributed by atoms with E-state index >= 15 is 0 Å². The summed E-state index contributed by atoms with van der Waals surface area (Å²) in [5.74, 6) is -1.67. The molecule has 0 aliphatic carbocycles. The summed E-state index contributed by atoms with van der Waals surface area (Å²) in [5.41, 5.74) is 0.147. The third kappa shape index (κ3) is 1.78. The van der Waals surface area contributed by atoms with Gasteiger partial charge in [-0.3, -0.25) is 9.59 Å². The summed E-state index contributed by atoms with van der Waals surface area (Å²) in [6.45, 7) is 1.65. The largest absolute Gasteiger partial charge is 0.274 e. The van der Waals surface area contributed by atoms with Crippen LogP contribution in [0.5, 0.6) is 0 Å². The number of benzene rings is 1. The van der Waals surface area contributed by atoms with Gasteiger partial charge in [0.1, 0.15) is 11.9 Å². The van der Waals surface area contributed by atoms with Gasteiger partial charge in [0.15, 0.2) is 0 Å². The molecule has 1 atom stereocenters. The molecule has 86 valence electrons. The molecule has 1 fully saturated rings. The molecular weight excluding hydrogens is 223 g/mol. The number of imide groups is 1. The Hall–Kier alpha value is -2.22. The molecule has 0 spiro atoms. The second-order valence-electron chi connectivity index (χ2n) is 3.95. The van der Waals surface area contributed by atoms with E-state index in [1.54, 1.807) is 13.0 Å². The number of halogens is 1. The Morgan fingerprint density at radius 2 is 2.18 bits per heavy atom. The number of carbonyl (C=O) groups excluding carboxylic acids is 2. The maximum absolute atomic E-state index is 13.0. The van der Waals surface area contributed by atoms with Crippen LogP contribution in [0, 0.1) is 23.1 Å². The van der Waals surface area contributed by atoms with Crippen LogP contribution in [0.3, 0.4) is 0 Å². The zero-order valence-corrected chi connectivity index (χ0v) is 9.11. The van der Waals surface area contributed by atoms with Crippen LogP contribution in [0.1, 0.15) is 18.9 Å². The fraction of sp³-hybridized carbons (Fsp3) is 0.250. The monoisotopic (exact) mass is 232 g/mol. The van der Waals surface area contributed by atoms with Crippen LogP contribution in [0.15, 0.2) is 18.2 Å². The third-order valence-corrected chi connectivity index (χ3v) is 2.69. The smallest absolute Gasteiger partial charge is 0.237 e. The van der Waals surface area contributed by atoms with E-state index in [0.29, 0.717) is 0 Å². The van der Waals surface area contributed by atoms with E-state index in [9.17, 15) is 14.0 Å². The zero-order chi connectivity index (χ0) is 12.6. The average Bonchev–Trinajstić information content (AvgIpc) is 2.54. The molecule has 0 bridgehead atoms. The second kappa shape index (κ2) is 3.98. The minimum atomic E-state index is -0.572. The zero-order valence-electron chi connectivity index (χ0n) is 9.11. The van der Waals surface area contributed by atoms with Crippen LogP contribution in [0.25, 0.3) is 0 Å². The first-order valence-corrected chi connectivity index (χ1v) is 5.11. The lowest BCUT2D eigenvalue weighted by atomic mass is 10.1. The summed E-state index contributed by atoms with van der Waals surface area (Å²) in [5, 5.41) is 8.88. The molecule has 1 heterocycles. The highest BCUT2D eigenvalue weighted by molar-refractivity contribution is 6.21. The standard InChI is InChI=1S/C12H9FN2O2/c1-7-4-11(16)15(12(7)17)10-3-2-9(13)5-8(10)6-14/h2-3,5,7H,4H2,1H3. The molecule has 1 aromatic carbocycles. The molecule has 1 saturated heterocycles. The van der Waals surface area contributed by atoms with Gasteiger partial charge in [0.05, 0.1) is 11.3 Å². The first kappa shape index (κ1) is 11.3. The number of nitrogens with zero attached hydrogens (tertiary/aromatic N) is 2. The van der Waals surface area contributed by atoms with Gasteiger partial charge in [-0.15, -0.1) is 0 Å². The highest BCUT2D eigenvalue weighted by Crippen LogP contribution is 2.29. The second-order valence-corrected chi connectivity index (χ2v) is 3.95. The Labute approximate surface area is 97.3 Å². The van der Waals surface area contributed by atoms with E-state index in [4.69, 9.17) is 5.26 Å². The fourth-order valence-corrected chi connectivity index (χ4v) is 1.83. The lowest BCUT2D eigenvalue weighted by molar-refractivity contribution is -0.122. The predicted octanol–water partition coefficient (Wildman–Crippen LogP) is 1.60. The predicted molar refractivity (Wildman–Crippen MR) is 57.4 cm³/mol. The van der Waals surface area contributed by atoms with Gasteiger partial charge in [-0.25, -0.2) is 9.29 Å². The van der Waals surface area contributed by atoms with E-state index in [1.807, 2.05) is 0 Å². The van der Waals surface area contributed by atoms with E-state index in [1.165, 1.54) is 6.07 Å². The first-order chi connectivity index (χ1) is 8.04. The fourth-order valence-electron chi connectivity index (χ4n) is 1.83. The van der Waals surface area contributed by atoms with Crippen LogP contribution in [-0.2, 0) is 9.59 Å². The Bertz CT molecular complexity index is 548.